The second-order valence-electron chi connectivity index (χ2n) is 4.57. The lowest BCUT2D eigenvalue weighted by Crippen LogP contribution is -2.12. The fraction of sp³-hybridized carbons (Fsp3) is 0.0526. The van der Waals surface area contributed by atoms with Gasteiger partial charge in [0.1, 0.15) is 5.57 Å². The molecule has 2 aromatic rings. The summed E-state index contributed by atoms with van der Waals surface area (Å²) in [4.78, 5) is 24.1. The molecule has 0 heterocycles. The number of carbonyl (C=O) groups is 2. The summed E-state index contributed by atoms with van der Waals surface area (Å²) in [6.07, 6.45) is 4.58. The molecule has 0 aliphatic carbocycles. The van der Waals surface area contributed by atoms with Gasteiger partial charge in [-0.2, -0.15) is 0 Å². The summed E-state index contributed by atoms with van der Waals surface area (Å²) in [7, 11) is 1.26. The monoisotopic (exact) mass is 292 g/mol. The third kappa shape index (κ3) is 4.28. The first-order valence-electron chi connectivity index (χ1n) is 6.83. The summed E-state index contributed by atoms with van der Waals surface area (Å²) in [6, 6.07) is 18.6. The predicted octanol–water partition coefficient (Wildman–Crippen LogP) is 3.53. The van der Waals surface area contributed by atoms with Crippen molar-refractivity contribution in [2.75, 3.05) is 7.11 Å². The average molecular weight is 292 g/mol. The highest BCUT2D eigenvalue weighted by molar-refractivity contribution is 6.25. The van der Waals surface area contributed by atoms with Crippen molar-refractivity contribution in [2.45, 2.75) is 0 Å². The Labute approximate surface area is 129 Å². The van der Waals surface area contributed by atoms with Gasteiger partial charge in [0.15, 0.2) is 5.78 Å². The number of ketones is 1. The highest BCUT2D eigenvalue weighted by Gasteiger charge is 2.16. The molecular formula is C19H16O3. The Kier molecular flexibility index (Phi) is 5.44. The molecule has 0 aromatic heterocycles. The molecule has 0 spiro atoms. The Bertz CT molecular complexity index is 698. The number of carbonyl (C=O) groups excluding carboxylic acids is 2. The van der Waals surface area contributed by atoms with E-state index < -0.39 is 5.97 Å². The van der Waals surface area contributed by atoms with Crippen molar-refractivity contribution in [3.63, 3.8) is 0 Å². The van der Waals surface area contributed by atoms with Crippen molar-refractivity contribution in [2.24, 2.45) is 0 Å². The number of hydrogen-bond acceptors (Lipinski definition) is 3. The number of hydrogen-bond donors (Lipinski definition) is 0. The lowest BCUT2D eigenvalue weighted by Gasteiger charge is -2.02. The fourth-order valence-corrected chi connectivity index (χ4v) is 1.88. The number of rotatable bonds is 5. The average Bonchev–Trinajstić information content (AvgIpc) is 2.58. The molecule has 0 unspecified atom stereocenters. The van der Waals surface area contributed by atoms with Crippen LogP contribution in [-0.4, -0.2) is 18.9 Å². The van der Waals surface area contributed by atoms with Gasteiger partial charge in [-0.3, -0.25) is 4.79 Å². The van der Waals surface area contributed by atoms with Gasteiger partial charge in [0.25, 0.3) is 0 Å². The van der Waals surface area contributed by atoms with E-state index in [0.29, 0.717) is 0 Å². The zero-order valence-electron chi connectivity index (χ0n) is 12.2. The molecule has 0 radical (unpaired) electrons. The molecule has 0 fully saturated rings. The zero-order chi connectivity index (χ0) is 15.8. The smallest absolute Gasteiger partial charge is 0.341 e. The van der Waals surface area contributed by atoms with Crippen molar-refractivity contribution in [1.29, 1.82) is 0 Å². The third-order valence-corrected chi connectivity index (χ3v) is 3.01. The van der Waals surface area contributed by atoms with Crippen molar-refractivity contribution in [1.82, 2.24) is 0 Å². The van der Waals surface area contributed by atoms with Crippen LogP contribution in [0, 0.1) is 0 Å². The van der Waals surface area contributed by atoms with Gasteiger partial charge in [-0.25, -0.2) is 4.79 Å². The van der Waals surface area contributed by atoms with E-state index in [4.69, 9.17) is 4.74 Å². The molecule has 22 heavy (non-hydrogen) atoms. The van der Waals surface area contributed by atoms with E-state index in [1.165, 1.54) is 19.3 Å². The standard InChI is InChI=1S/C19H16O3/c1-22-19(21)17(14-16-10-6-3-7-11-16)18(20)13-12-15-8-4-2-5-9-15/h2-14H,1H3/b13-12+,17-14+. The molecule has 0 aliphatic heterocycles. The van der Waals surface area contributed by atoms with E-state index in [1.807, 2.05) is 60.7 Å². The minimum Gasteiger partial charge on any atom is -0.465 e. The maximum absolute atomic E-state index is 12.3. The molecule has 3 nitrogen and oxygen atoms in total. The second-order valence-corrected chi connectivity index (χ2v) is 4.57. The van der Waals surface area contributed by atoms with E-state index in [0.717, 1.165) is 11.1 Å². The highest BCUT2D eigenvalue weighted by Crippen LogP contribution is 2.11. The van der Waals surface area contributed by atoms with E-state index >= 15 is 0 Å². The summed E-state index contributed by atoms with van der Waals surface area (Å²) in [6.45, 7) is 0. The van der Waals surface area contributed by atoms with Crippen LogP contribution in [0.25, 0.3) is 12.2 Å². The first-order chi connectivity index (χ1) is 10.7. The van der Waals surface area contributed by atoms with E-state index in [1.54, 1.807) is 6.08 Å². The third-order valence-electron chi connectivity index (χ3n) is 3.01. The van der Waals surface area contributed by atoms with Crippen LogP contribution in [0.4, 0.5) is 0 Å². The van der Waals surface area contributed by atoms with Crippen LogP contribution < -0.4 is 0 Å². The molecule has 0 atom stereocenters. The Morgan fingerprint density at radius 2 is 1.41 bits per heavy atom. The van der Waals surface area contributed by atoms with E-state index in [2.05, 4.69) is 0 Å². The first-order valence-corrected chi connectivity index (χ1v) is 6.83. The topological polar surface area (TPSA) is 43.4 Å². The predicted molar refractivity (Wildman–Crippen MR) is 86.9 cm³/mol. The molecule has 0 saturated heterocycles. The number of esters is 1. The van der Waals surface area contributed by atoms with Gasteiger partial charge >= 0.3 is 5.97 Å². The van der Waals surface area contributed by atoms with Crippen LogP contribution in [0.2, 0.25) is 0 Å². The van der Waals surface area contributed by atoms with Gasteiger partial charge in [-0.1, -0.05) is 66.7 Å². The Morgan fingerprint density at radius 1 is 0.864 bits per heavy atom. The Balaban J connectivity index is 2.26. The van der Waals surface area contributed by atoms with Crippen molar-refractivity contribution < 1.29 is 14.3 Å². The molecule has 2 aromatic carbocycles. The number of ether oxygens (including phenoxy) is 1. The van der Waals surface area contributed by atoms with Gasteiger partial charge in [-0.15, -0.1) is 0 Å². The molecule has 0 saturated carbocycles. The fourth-order valence-electron chi connectivity index (χ4n) is 1.88. The van der Waals surface area contributed by atoms with Crippen molar-refractivity contribution >= 4 is 23.9 Å². The van der Waals surface area contributed by atoms with Crippen LogP contribution in [0.3, 0.4) is 0 Å². The Hall–Kier alpha value is -2.94. The molecule has 3 heteroatoms. The maximum atomic E-state index is 12.3. The number of allylic oxidation sites excluding steroid dienone is 1. The molecule has 0 amide bonds. The van der Waals surface area contributed by atoms with Gasteiger partial charge in [0.05, 0.1) is 7.11 Å². The van der Waals surface area contributed by atoms with Crippen molar-refractivity contribution in [3.05, 3.63) is 83.4 Å². The summed E-state index contributed by atoms with van der Waals surface area (Å²) in [5.41, 5.74) is 1.66. The zero-order valence-corrected chi connectivity index (χ0v) is 12.2. The van der Waals surface area contributed by atoms with Gasteiger partial charge < -0.3 is 4.74 Å². The second kappa shape index (κ2) is 7.74. The van der Waals surface area contributed by atoms with Crippen molar-refractivity contribution in [3.8, 4) is 0 Å². The molecule has 2 rings (SSSR count). The summed E-state index contributed by atoms with van der Waals surface area (Å²) in [5.74, 6) is -1.04. The summed E-state index contributed by atoms with van der Waals surface area (Å²) >= 11 is 0. The van der Waals surface area contributed by atoms with Crippen LogP contribution in [-0.2, 0) is 14.3 Å². The molecule has 0 N–H and O–H groups in total. The molecule has 110 valence electrons. The van der Waals surface area contributed by atoms with Gasteiger partial charge in [0.2, 0.25) is 0 Å². The Morgan fingerprint density at radius 3 is 1.95 bits per heavy atom. The summed E-state index contributed by atoms with van der Waals surface area (Å²) in [5, 5.41) is 0. The normalized spacial score (nSPS) is 11.4. The molecule has 0 bridgehead atoms. The maximum Gasteiger partial charge on any atom is 0.341 e. The van der Waals surface area contributed by atoms with Crippen LogP contribution in [0.15, 0.2) is 72.3 Å². The SMILES string of the molecule is COC(=O)/C(=C/c1ccccc1)C(=O)/C=C/c1ccccc1. The van der Waals surface area contributed by atoms with Gasteiger partial charge in [0, 0.05) is 0 Å². The number of methoxy groups -OCH3 is 1. The van der Waals surface area contributed by atoms with Crippen LogP contribution in [0.1, 0.15) is 11.1 Å². The first kappa shape index (κ1) is 15.4. The van der Waals surface area contributed by atoms with Gasteiger partial charge in [-0.05, 0) is 23.3 Å². The highest BCUT2D eigenvalue weighted by atomic mass is 16.5. The van der Waals surface area contributed by atoms with Crippen LogP contribution in [0.5, 0.6) is 0 Å². The van der Waals surface area contributed by atoms with Crippen LogP contribution >= 0.6 is 0 Å². The minimum atomic E-state index is -0.647. The van der Waals surface area contributed by atoms with E-state index in [-0.39, 0.29) is 11.4 Å². The quantitative estimate of drug-likeness (QED) is 0.366. The largest absolute Gasteiger partial charge is 0.465 e. The lowest BCUT2D eigenvalue weighted by atomic mass is 10.1. The molecule has 0 aliphatic rings. The number of benzene rings is 2. The van der Waals surface area contributed by atoms with E-state index in [9.17, 15) is 9.59 Å². The summed E-state index contributed by atoms with van der Waals surface area (Å²) < 4.78 is 4.70. The minimum absolute atomic E-state index is 0.000816. The lowest BCUT2D eigenvalue weighted by molar-refractivity contribution is -0.137. The molecular weight excluding hydrogens is 276 g/mol.